The lowest BCUT2D eigenvalue weighted by Gasteiger charge is -2.28. The zero-order valence-electron chi connectivity index (χ0n) is 16.0. The maximum atomic E-state index is 13.4. The van der Waals surface area contributed by atoms with E-state index in [-0.39, 0.29) is 22.6 Å². The van der Waals surface area contributed by atoms with Gasteiger partial charge in [-0.05, 0) is 42.8 Å². The normalized spacial score (nSPS) is 12.3. The van der Waals surface area contributed by atoms with Crippen molar-refractivity contribution < 1.29 is 54.7 Å². The topological polar surface area (TPSA) is 130 Å². The molecule has 2 rings (SSSR count). The molecule has 2 aromatic carbocycles. The molecule has 8 nitrogen and oxygen atoms in total. The number of benzene rings is 2. The number of esters is 2. The van der Waals surface area contributed by atoms with E-state index in [0.29, 0.717) is 0 Å². The molecule has 0 saturated carbocycles. The van der Waals surface area contributed by atoms with Crippen LogP contribution in [0.25, 0.3) is 0 Å². The van der Waals surface area contributed by atoms with E-state index in [9.17, 15) is 45.2 Å². The summed E-state index contributed by atoms with van der Waals surface area (Å²) < 4.78 is 93.8. The van der Waals surface area contributed by atoms with Crippen LogP contribution in [0.2, 0.25) is 0 Å². The molecule has 0 unspecified atom stereocenters. The van der Waals surface area contributed by atoms with Crippen LogP contribution in [0.15, 0.2) is 48.5 Å². The Labute approximate surface area is 179 Å². The van der Waals surface area contributed by atoms with Gasteiger partial charge in [-0.25, -0.2) is 18.0 Å². The van der Waals surface area contributed by atoms with E-state index in [0.717, 1.165) is 0 Å². The van der Waals surface area contributed by atoms with Crippen LogP contribution in [0.4, 0.5) is 17.6 Å². The molecule has 0 aromatic heterocycles. The average molecular weight is 479 g/mol. The van der Waals surface area contributed by atoms with Crippen LogP contribution < -0.4 is 4.74 Å². The lowest BCUT2D eigenvalue weighted by atomic mass is 10.1. The number of phenolic OH excluding ortho intramolecular Hbond substituents is 1. The first kappa shape index (κ1) is 25.1. The third kappa shape index (κ3) is 5.73. The van der Waals surface area contributed by atoms with Crippen molar-refractivity contribution >= 4 is 22.1 Å². The fourth-order valence-electron chi connectivity index (χ4n) is 2.38. The van der Waals surface area contributed by atoms with Gasteiger partial charge in [-0.15, -0.1) is 0 Å². The third-order valence-corrected chi connectivity index (χ3v) is 4.95. The summed E-state index contributed by atoms with van der Waals surface area (Å²) in [7, 11) is -6.61. The molecule has 0 heterocycles. The predicted octanol–water partition coefficient (Wildman–Crippen LogP) is 3.32. The van der Waals surface area contributed by atoms with Gasteiger partial charge in [0, 0.05) is 6.42 Å². The molecular weight excluding hydrogens is 464 g/mol. The minimum absolute atomic E-state index is 0.0486. The van der Waals surface area contributed by atoms with Crippen molar-refractivity contribution in [2.75, 3.05) is 6.61 Å². The van der Waals surface area contributed by atoms with Crippen LogP contribution in [0.3, 0.4) is 0 Å². The second-order valence-corrected chi connectivity index (χ2v) is 7.76. The average Bonchev–Trinajstić information content (AvgIpc) is 2.71. The Morgan fingerprint density at radius 1 is 0.938 bits per heavy atom. The number of carbonyl (C=O) groups excluding carboxylic acids is 2. The number of hydrogen-bond donors (Lipinski definition) is 1. The molecule has 1 N–H and O–H groups in total. The molecular formula is C19H15F4O8S-. The Bertz CT molecular complexity index is 1080. The van der Waals surface area contributed by atoms with Gasteiger partial charge in [0.1, 0.15) is 11.5 Å². The van der Waals surface area contributed by atoms with Crippen LogP contribution in [0.1, 0.15) is 33.6 Å². The molecule has 0 bridgehead atoms. The third-order valence-electron chi connectivity index (χ3n) is 4.02. The first-order valence-electron chi connectivity index (χ1n) is 8.75. The molecule has 174 valence electrons. The zero-order valence-corrected chi connectivity index (χ0v) is 16.8. The van der Waals surface area contributed by atoms with E-state index < -0.39 is 52.7 Å². The Morgan fingerprint density at radius 2 is 1.47 bits per heavy atom. The number of halogens is 4. The maximum absolute atomic E-state index is 13.4. The molecule has 0 fully saturated rings. The number of rotatable bonds is 9. The molecule has 0 saturated heterocycles. The molecule has 0 radical (unpaired) electrons. The van der Waals surface area contributed by atoms with Gasteiger partial charge in [0.2, 0.25) is 0 Å². The second kappa shape index (κ2) is 9.53. The standard InChI is InChI=1S/C19H16F4O8S/c20-18(21,19(22,23)32(27,28)29)10-3-11-30-16(25)14-4-1-2-5-15(14)17(26)31-13-8-6-12(24)7-9-13/h1-2,4-9,24H,3,10-11H2,(H,27,28,29)/p-1. The molecule has 0 aliphatic rings. The molecule has 0 aliphatic carbocycles. The zero-order chi connectivity index (χ0) is 24.2. The molecule has 2 aromatic rings. The van der Waals surface area contributed by atoms with Gasteiger partial charge in [-0.3, -0.25) is 0 Å². The van der Waals surface area contributed by atoms with Crippen molar-refractivity contribution in [2.45, 2.75) is 24.0 Å². The summed E-state index contributed by atoms with van der Waals surface area (Å²) in [5.41, 5.74) is -0.560. The monoisotopic (exact) mass is 479 g/mol. The summed E-state index contributed by atoms with van der Waals surface area (Å²) in [6.07, 6.45) is -2.65. The highest BCUT2D eigenvalue weighted by molar-refractivity contribution is 7.86. The van der Waals surface area contributed by atoms with Crippen molar-refractivity contribution in [3.8, 4) is 11.5 Å². The Hall–Kier alpha value is -3.19. The Kier molecular flexibility index (Phi) is 7.46. The van der Waals surface area contributed by atoms with Crippen LogP contribution in [-0.2, 0) is 14.9 Å². The van der Waals surface area contributed by atoms with Gasteiger partial charge in [-0.1, -0.05) is 12.1 Å². The SMILES string of the molecule is O=C(OCCCC(F)(F)C(F)(F)S(=O)(=O)[O-])c1ccccc1C(=O)Oc1ccc(O)cc1. The van der Waals surface area contributed by atoms with E-state index in [1.807, 2.05) is 0 Å². The summed E-state index contributed by atoms with van der Waals surface area (Å²) in [5, 5.41) is 3.40. The maximum Gasteiger partial charge on any atom is 0.396 e. The van der Waals surface area contributed by atoms with E-state index in [1.165, 1.54) is 48.5 Å². The molecule has 0 aliphatic heterocycles. The molecule has 0 spiro atoms. The van der Waals surface area contributed by atoms with Crippen molar-refractivity contribution in [2.24, 2.45) is 0 Å². The number of alkyl halides is 4. The van der Waals surface area contributed by atoms with Gasteiger partial charge >= 0.3 is 23.1 Å². The Balaban J connectivity index is 2.01. The minimum atomic E-state index is -6.61. The Morgan fingerprint density at radius 3 is 2.00 bits per heavy atom. The number of aromatic hydroxyl groups is 1. The van der Waals surface area contributed by atoms with Crippen molar-refractivity contribution in [1.82, 2.24) is 0 Å². The van der Waals surface area contributed by atoms with Gasteiger partial charge < -0.3 is 19.1 Å². The van der Waals surface area contributed by atoms with Crippen molar-refractivity contribution in [1.29, 1.82) is 0 Å². The predicted molar refractivity (Wildman–Crippen MR) is 98.6 cm³/mol. The summed E-state index contributed by atoms with van der Waals surface area (Å²) in [4.78, 5) is 24.5. The van der Waals surface area contributed by atoms with Crippen molar-refractivity contribution in [3.05, 3.63) is 59.7 Å². The van der Waals surface area contributed by atoms with Gasteiger partial charge in [0.25, 0.3) is 0 Å². The first-order chi connectivity index (χ1) is 14.8. The number of carbonyl (C=O) groups is 2. The summed E-state index contributed by atoms with van der Waals surface area (Å²) >= 11 is 0. The van der Waals surface area contributed by atoms with E-state index >= 15 is 0 Å². The highest BCUT2D eigenvalue weighted by atomic mass is 32.2. The largest absolute Gasteiger partial charge is 0.743 e. The number of phenols is 1. The lowest BCUT2D eigenvalue weighted by Crippen LogP contribution is -2.46. The number of hydrogen-bond acceptors (Lipinski definition) is 8. The summed E-state index contributed by atoms with van der Waals surface area (Å²) in [6.45, 7) is -0.829. The molecule has 32 heavy (non-hydrogen) atoms. The lowest BCUT2D eigenvalue weighted by molar-refractivity contribution is -0.165. The minimum Gasteiger partial charge on any atom is -0.743 e. The first-order valence-corrected chi connectivity index (χ1v) is 10.2. The highest BCUT2D eigenvalue weighted by Crippen LogP contribution is 2.41. The fraction of sp³-hybridized carbons (Fsp3) is 0.263. The quantitative estimate of drug-likeness (QED) is 0.191. The van der Waals surface area contributed by atoms with Crippen LogP contribution in [0.5, 0.6) is 11.5 Å². The smallest absolute Gasteiger partial charge is 0.396 e. The molecule has 13 heteroatoms. The molecule has 0 amide bonds. The van der Waals surface area contributed by atoms with E-state index in [2.05, 4.69) is 0 Å². The number of ether oxygens (including phenoxy) is 2. The summed E-state index contributed by atoms with van der Waals surface area (Å²) in [5.74, 6) is -7.34. The highest BCUT2D eigenvalue weighted by Gasteiger charge is 2.60. The van der Waals surface area contributed by atoms with Gasteiger partial charge in [0.05, 0.1) is 17.7 Å². The second-order valence-electron chi connectivity index (χ2n) is 6.34. The summed E-state index contributed by atoms with van der Waals surface area (Å²) in [6, 6.07) is 10.2. The van der Waals surface area contributed by atoms with Crippen molar-refractivity contribution in [3.63, 3.8) is 0 Å². The van der Waals surface area contributed by atoms with Crippen LogP contribution in [-0.4, -0.2) is 47.8 Å². The van der Waals surface area contributed by atoms with Crippen LogP contribution in [0, 0.1) is 0 Å². The fourth-order valence-corrected chi connectivity index (χ4v) is 2.85. The van der Waals surface area contributed by atoms with Crippen LogP contribution >= 0.6 is 0 Å². The van der Waals surface area contributed by atoms with E-state index in [1.54, 1.807) is 0 Å². The van der Waals surface area contributed by atoms with E-state index in [4.69, 9.17) is 9.47 Å². The molecule has 0 atom stereocenters. The van der Waals surface area contributed by atoms with Gasteiger partial charge in [0.15, 0.2) is 10.1 Å². The van der Waals surface area contributed by atoms with Gasteiger partial charge in [-0.2, -0.15) is 17.6 Å².